The van der Waals surface area contributed by atoms with Crippen molar-refractivity contribution in [3.8, 4) is 0 Å². The van der Waals surface area contributed by atoms with E-state index in [1.807, 2.05) is 6.07 Å². The lowest BCUT2D eigenvalue weighted by atomic mass is 10.1. The number of nitrogens with one attached hydrogen (secondary N) is 1. The zero-order chi connectivity index (χ0) is 21.1. The number of piperidine rings is 1. The Labute approximate surface area is 175 Å². The molecule has 10 heteroatoms. The van der Waals surface area contributed by atoms with Crippen molar-refractivity contribution in [2.75, 3.05) is 22.9 Å². The smallest absolute Gasteiger partial charge is 0.240 e. The summed E-state index contributed by atoms with van der Waals surface area (Å²) in [5.41, 5.74) is 0.374. The van der Waals surface area contributed by atoms with E-state index in [4.69, 9.17) is 0 Å². The number of carbonyl (C=O) groups is 2. The lowest BCUT2D eigenvalue weighted by molar-refractivity contribution is -0.121. The zero-order valence-electron chi connectivity index (χ0n) is 16.5. The minimum Gasteiger partial charge on any atom is -0.357 e. The van der Waals surface area contributed by atoms with Gasteiger partial charge < -0.3 is 4.90 Å². The molecular weight excluding hydrogens is 406 g/mol. The van der Waals surface area contributed by atoms with E-state index in [9.17, 15) is 18.0 Å². The van der Waals surface area contributed by atoms with Gasteiger partial charge in [0.1, 0.15) is 11.6 Å². The highest BCUT2D eigenvalue weighted by Crippen LogP contribution is 2.24. The van der Waals surface area contributed by atoms with Crippen molar-refractivity contribution in [1.82, 2.24) is 14.7 Å². The molecule has 2 aromatic rings. The van der Waals surface area contributed by atoms with E-state index >= 15 is 0 Å². The largest absolute Gasteiger partial charge is 0.357 e. The number of hydrogen-bond acceptors (Lipinski definition) is 7. The molecule has 0 spiro atoms. The molecule has 0 saturated carbocycles. The third kappa shape index (κ3) is 4.34. The maximum Gasteiger partial charge on any atom is 0.240 e. The topological polar surface area (TPSA) is 113 Å². The van der Waals surface area contributed by atoms with Crippen molar-refractivity contribution >= 4 is 33.3 Å². The third-order valence-electron chi connectivity index (χ3n) is 5.25. The van der Waals surface area contributed by atoms with Crippen LogP contribution in [0.5, 0.6) is 0 Å². The van der Waals surface area contributed by atoms with Gasteiger partial charge in [-0.15, -0.1) is 0 Å². The summed E-state index contributed by atoms with van der Waals surface area (Å²) in [7, 11) is -3.80. The molecule has 1 aromatic heterocycles. The van der Waals surface area contributed by atoms with Gasteiger partial charge in [0.25, 0.3) is 0 Å². The lowest BCUT2D eigenvalue weighted by Crippen LogP contribution is -2.31. The van der Waals surface area contributed by atoms with Crippen molar-refractivity contribution in [3.05, 3.63) is 42.4 Å². The molecule has 3 heterocycles. The summed E-state index contributed by atoms with van der Waals surface area (Å²) in [5, 5.41) is 0. The van der Waals surface area contributed by atoms with Crippen LogP contribution in [0.2, 0.25) is 0 Å². The first-order valence-electron chi connectivity index (χ1n) is 9.96. The van der Waals surface area contributed by atoms with Gasteiger partial charge in [-0.3, -0.25) is 14.5 Å². The van der Waals surface area contributed by atoms with E-state index in [-0.39, 0.29) is 36.1 Å². The lowest BCUT2D eigenvalue weighted by Gasteiger charge is -2.27. The van der Waals surface area contributed by atoms with Gasteiger partial charge in [-0.2, -0.15) is 0 Å². The van der Waals surface area contributed by atoms with Crippen molar-refractivity contribution in [3.63, 3.8) is 0 Å². The SMILES string of the molecule is O=C1CCC(=O)N1c1ccc(S(=O)(=O)NCc2nccc(N3CCCCC3)n2)cc1. The molecule has 0 unspecified atom stereocenters. The van der Waals surface area contributed by atoms with Crippen LogP contribution in [0, 0.1) is 0 Å². The number of imide groups is 1. The fraction of sp³-hybridized carbons (Fsp3) is 0.400. The Morgan fingerprint density at radius 1 is 0.933 bits per heavy atom. The molecular formula is C20H23N5O4S. The number of amides is 2. The van der Waals surface area contributed by atoms with Gasteiger partial charge in [0, 0.05) is 32.1 Å². The number of benzene rings is 1. The molecule has 2 saturated heterocycles. The second kappa shape index (κ2) is 8.49. The van der Waals surface area contributed by atoms with Crippen LogP contribution in [0.1, 0.15) is 37.9 Å². The van der Waals surface area contributed by atoms with Gasteiger partial charge in [0.05, 0.1) is 17.1 Å². The average Bonchev–Trinajstić information content (AvgIpc) is 3.11. The predicted molar refractivity (Wildman–Crippen MR) is 110 cm³/mol. The summed E-state index contributed by atoms with van der Waals surface area (Å²) in [6.07, 6.45) is 5.45. The molecule has 1 aromatic carbocycles. The molecule has 1 N–H and O–H groups in total. The highest BCUT2D eigenvalue weighted by molar-refractivity contribution is 7.89. The molecule has 0 aliphatic carbocycles. The molecule has 2 fully saturated rings. The fourth-order valence-electron chi connectivity index (χ4n) is 3.65. The van der Waals surface area contributed by atoms with Gasteiger partial charge in [-0.1, -0.05) is 0 Å². The monoisotopic (exact) mass is 429 g/mol. The molecule has 158 valence electrons. The molecule has 2 amide bonds. The van der Waals surface area contributed by atoms with E-state index < -0.39 is 10.0 Å². The number of hydrogen-bond donors (Lipinski definition) is 1. The van der Waals surface area contributed by atoms with E-state index in [0.29, 0.717) is 11.5 Å². The Morgan fingerprint density at radius 2 is 1.60 bits per heavy atom. The van der Waals surface area contributed by atoms with Crippen molar-refractivity contribution in [1.29, 1.82) is 0 Å². The Kier molecular flexibility index (Phi) is 5.78. The number of nitrogens with zero attached hydrogens (tertiary/aromatic N) is 4. The predicted octanol–water partition coefficient (Wildman–Crippen LogP) is 1.60. The number of rotatable bonds is 6. The van der Waals surface area contributed by atoms with E-state index in [0.717, 1.165) is 36.6 Å². The summed E-state index contributed by atoms with van der Waals surface area (Å²) >= 11 is 0. The first kappa shape index (κ1) is 20.4. The highest BCUT2D eigenvalue weighted by Gasteiger charge is 2.30. The van der Waals surface area contributed by atoms with Crippen molar-refractivity contribution in [2.24, 2.45) is 0 Å². The van der Waals surface area contributed by atoms with Gasteiger partial charge in [-0.25, -0.2) is 23.1 Å². The Hall–Kier alpha value is -2.85. The van der Waals surface area contributed by atoms with Gasteiger partial charge in [0.15, 0.2) is 0 Å². The maximum absolute atomic E-state index is 12.6. The molecule has 9 nitrogen and oxygen atoms in total. The summed E-state index contributed by atoms with van der Waals surface area (Å²) in [4.78, 5) is 35.6. The Morgan fingerprint density at radius 3 is 2.27 bits per heavy atom. The summed E-state index contributed by atoms with van der Waals surface area (Å²) in [6, 6.07) is 7.51. The third-order valence-corrected chi connectivity index (χ3v) is 6.67. The van der Waals surface area contributed by atoms with Gasteiger partial charge >= 0.3 is 0 Å². The molecule has 0 atom stereocenters. The fourth-order valence-corrected chi connectivity index (χ4v) is 4.63. The number of carbonyl (C=O) groups excluding carboxylic acids is 2. The normalized spacial score (nSPS) is 17.6. The summed E-state index contributed by atoms with van der Waals surface area (Å²) in [6.45, 7) is 1.85. The summed E-state index contributed by atoms with van der Waals surface area (Å²) in [5.74, 6) is 0.647. The Balaban J connectivity index is 1.43. The van der Waals surface area contributed by atoms with Crippen LogP contribution in [0.25, 0.3) is 0 Å². The van der Waals surface area contributed by atoms with Crippen LogP contribution in [0.3, 0.4) is 0 Å². The quantitative estimate of drug-likeness (QED) is 0.694. The minimum absolute atomic E-state index is 0.0329. The van der Waals surface area contributed by atoms with E-state index in [1.54, 1.807) is 6.20 Å². The number of sulfonamides is 1. The zero-order valence-corrected chi connectivity index (χ0v) is 17.3. The van der Waals surface area contributed by atoms with Crippen LogP contribution < -0.4 is 14.5 Å². The highest BCUT2D eigenvalue weighted by atomic mass is 32.2. The Bertz CT molecular complexity index is 1030. The second-order valence-electron chi connectivity index (χ2n) is 7.32. The minimum atomic E-state index is -3.80. The van der Waals surface area contributed by atoms with Crippen LogP contribution in [0.15, 0.2) is 41.4 Å². The van der Waals surface area contributed by atoms with Gasteiger partial charge in [0.2, 0.25) is 21.8 Å². The van der Waals surface area contributed by atoms with Crippen LogP contribution in [-0.2, 0) is 26.2 Å². The van der Waals surface area contributed by atoms with Gasteiger partial charge in [-0.05, 0) is 49.6 Å². The molecule has 30 heavy (non-hydrogen) atoms. The number of aromatic nitrogens is 2. The van der Waals surface area contributed by atoms with E-state index in [1.165, 1.54) is 30.7 Å². The van der Waals surface area contributed by atoms with Crippen LogP contribution in [0.4, 0.5) is 11.5 Å². The summed E-state index contributed by atoms with van der Waals surface area (Å²) < 4.78 is 27.8. The first-order valence-corrected chi connectivity index (χ1v) is 11.4. The van der Waals surface area contributed by atoms with Crippen LogP contribution in [-0.4, -0.2) is 43.3 Å². The molecule has 4 rings (SSSR count). The van der Waals surface area contributed by atoms with Crippen molar-refractivity contribution < 1.29 is 18.0 Å². The number of anilines is 2. The average molecular weight is 430 g/mol. The maximum atomic E-state index is 12.6. The standard InChI is InChI=1S/C20H23N5O4S/c26-19-8-9-20(27)25(19)15-4-6-16(7-5-15)30(28,29)22-14-17-21-11-10-18(23-17)24-12-2-1-3-13-24/h4-7,10-11,22H,1-3,8-9,12-14H2. The first-order chi connectivity index (χ1) is 14.4. The van der Waals surface area contributed by atoms with Crippen LogP contribution >= 0.6 is 0 Å². The molecule has 2 aliphatic rings. The molecule has 0 bridgehead atoms. The molecule has 0 radical (unpaired) electrons. The van der Waals surface area contributed by atoms with E-state index in [2.05, 4.69) is 19.6 Å². The van der Waals surface area contributed by atoms with Crippen molar-refractivity contribution in [2.45, 2.75) is 43.5 Å². The second-order valence-corrected chi connectivity index (χ2v) is 9.09. The molecule has 2 aliphatic heterocycles.